The van der Waals surface area contributed by atoms with Crippen LogP contribution >= 0.6 is 11.6 Å². The van der Waals surface area contributed by atoms with E-state index in [1.54, 1.807) is 23.1 Å². The van der Waals surface area contributed by atoms with Gasteiger partial charge < -0.3 is 9.64 Å². The number of rotatable bonds is 4. The Morgan fingerprint density at radius 1 is 1.03 bits per heavy atom. The Balaban J connectivity index is 1.30. The lowest BCUT2D eigenvalue weighted by Crippen LogP contribution is -2.69. The summed E-state index contributed by atoms with van der Waals surface area (Å²) in [6.07, 6.45) is -6.40. The monoisotopic (exact) mass is 572 g/mol. The van der Waals surface area contributed by atoms with Gasteiger partial charge in [0.05, 0.1) is 25.4 Å². The molecule has 0 atom stereocenters. The third kappa shape index (κ3) is 4.44. The van der Waals surface area contributed by atoms with Gasteiger partial charge in [-0.2, -0.15) is 13.2 Å². The molecule has 0 bridgehead atoms. The molecular weight excluding hydrogens is 550 g/mol. The van der Waals surface area contributed by atoms with Gasteiger partial charge in [0.2, 0.25) is 0 Å². The van der Waals surface area contributed by atoms with Gasteiger partial charge in [0.1, 0.15) is 17.3 Å². The van der Waals surface area contributed by atoms with Gasteiger partial charge in [-0.15, -0.1) is 10.2 Å². The number of aromatic nitrogens is 4. The number of nitrogens with zero attached hydrogens (tertiary/aromatic N) is 6. The summed E-state index contributed by atoms with van der Waals surface area (Å²) in [7, 11) is 0. The van der Waals surface area contributed by atoms with Crippen LogP contribution in [0.3, 0.4) is 0 Å². The normalized spacial score (nSPS) is 19.9. The molecule has 3 aliphatic rings. The summed E-state index contributed by atoms with van der Waals surface area (Å²) < 4.78 is 89.4. The number of piperidine rings is 1. The van der Waals surface area contributed by atoms with E-state index >= 15 is 0 Å². The fourth-order valence-corrected chi connectivity index (χ4v) is 5.75. The van der Waals surface area contributed by atoms with Crippen molar-refractivity contribution in [3.8, 4) is 5.69 Å². The molecule has 14 heteroatoms. The summed E-state index contributed by atoms with van der Waals surface area (Å²) >= 11 is 6.25. The van der Waals surface area contributed by atoms with Crippen LogP contribution in [0.4, 0.5) is 32.2 Å². The highest BCUT2D eigenvalue weighted by Crippen LogP contribution is 2.44. The van der Waals surface area contributed by atoms with Crippen molar-refractivity contribution in [2.24, 2.45) is 0 Å². The summed E-state index contributed by atoms with van der Waals surface area (Å²) in [6, 6.07) is 7.47. The molecule has 5 heterocycles. The lowest BCUT2D eigenvalue weighted by molar-refractivity contribution is -0.310. The summed E-state index contributed by atoms with van der Waals surface area (Å²) in [4.78, 5) is 6.96. The molecule has 6 rings (SSSR count). The maximum absolute atomic E-state index is 14.2. The second-order valence-electron chi connectivity index (χ2n) is 10.1. The minimum atomic E-state index is -4.51. The first-order valence-electron chi connectivity index (χ1n) is 12.4. The van der Waals surface area contributed by atoms with Crippen LogP contribution in [0.15, 0.2) is 30.3 Å². The highest BCUT2D eigenvalue weighted by atomic mass is 35.5. The molecule has 3 aliphatic heterocycles. The molecule has 0 N–H and O–H groups in total. The number of fused-ring (bicyclic) bond motifs is 3. The Labute approximate surface area is 224 Å². The van der Waals surface area contributed by atoms with Crippen molar-refractivity contribution in [3.63, 3.8) is 0 Å². The second kappa shape index (κ2) is 9.63. The molecule has 39 heavy (non-hydrogen) atoms. The van der Waals surface area contributed by atoms with Crippen LogP contribution in [0.1, 0.15) is 48.1 Å². The number of pyridine rings is 1. The maximum atomic E-state index is 14.2. The maximum Gasteiger partial charge on any atom is 0.411 e. The van der Waals surface area contributed by atoms with Crippen LogP contribution in [0.2, 0.25) is 5.02 Å². The van der Waals surface area contributed by atoms with Crippen molar-refractivity contribution in [2.75, 3.05) is 31.2 Å². The Morgan fingerprint density at radius 2 is 1.77 bits per heavy atom. The number of halogens is 7. The van der Waals surface area contributed by atoms with E-state index in [1.165, 1.54) is 11.0 Å². The van der Waals surface area contributed by atoms with Crippen molar-refractivity contribution < 1.29 is 31.1 Å². The summed E-state index contributed by atoms with van der Waals surface area (Å²) in [6.45, 7) is -0.114. The molecule has 0 aliphatic carbocycles. The van der Waals surface area contributed by atoms with Gasteiger partial charge in [-0.1, -0.05) is 11.6 Å². The predicted octanol–water partition coefficient (Wildman–Crippen LogP) is 5.42. The van der Waals surface area contributed by atoms with E-state index in [2.05, 4.69) is 15.2 Å². The van der Waals surface area contributed by atoms with Crippen LogP contribution in [-0.2, 0) is 17.8 Å². The molecule has 2 saturated heterocycles. The average molecular weight is 573 g/mol. The van der Waals surface area contributed by atoms with Crippen LogP contribution < -0.4 is 4.90 Å². The van der Waals surface area contributed by atoms with Crippen LogP contribution in [0.5, 0.6) is 0 Å². The number of anilines is 1. The SMILES string of the molecule is Fc1ccc(N2CCC(c3nnc4n3-c3ccc(Cl)cc3CN(C3(C(F)(F)F)COC3)C4)CC2)nc1C(F)F. The molecule has 3 aromatic rings. The number of alkyl halides is 5. The van der Waals surface area contributed by atoms with Crippen LogP contribution in [0.25, 0.3) is 5.69 Å². The zero-order chi connectivity index (χ0) is 27.5. The van der Waals surface area contributed by atoms with E-state index in [4.69, 9.17) is 16.3 Å². The minimum absolute atomic E-state index is 0.00269. The van der Waals surface area contributed by atoms with Gasteiger partial charge in [-0.3, -0.25) is 9.47 Å². The van der Waals surface area contributed by atoms with Gasteiger partial charge in [-0.25, -0.2) is 18.2 Å². The van der Waals surface area contributed by atoms with Gasteiger partial charge in [0.15, 0.2) is 17.2 Å². The highest BCUT2D eigenvalue weighted by Gasteiger charge is 2.64. The lowest BCUT2D eigenvalue weighted by atomic mass is 9.93. The standard InChI is InChI=1S/C25H23ClF6N6O/c26-16-1-3-18-15(9-16)10-37(24(12-39-13-24)25(30,31)32)11-20-34-35-23(38(18)20)14-5-7-36(8-6-14)19-4-2-17(27)21(33-19)22(28)29/h1-4,9,14,22H,5-8,10-13H2. The predicted molar refractivity (Wildman–Crippen MR) is 129 cm³/mol. The van der Waals surface area contributed by atoms with E-state index in [9.17, 15) is 26.3 Å². The molecule has 1 aromatic carbocycles. The Bertz CT molecular complexity index is 1390. The minimum Gasteiger partial charge on any atom is -0.377 e. The van der Waals surface area contributed by atoms with Crippen molar-refractivity contribution in [2.45, 2.75) is 50.0 Å². The first-order chi connectivity index (χ1) is 18.6. The number of hydrogen-bond donors (Lipinski definition) is 0. The quantitative estimate of drug-likeness (QED) is 0.389. The number of hydrogen-bond acceptors (Lipinski definition) is 6. The van der Waals surface area contributed by atoms with E-state index in [1.807, 2.05) is 4.57 Å². The molecule has 2 fully saturated rings. The van der Waals surface area contributed by atoms with E-state index in [0.717, 1.165) is 6.07 Å². The Kier molecular flexibility index (Phi) is 6.50. The van der Waals surface area contributed by atoms with Crippen molar-refractivity contribution >= 4 is 17.4 Å². The molecule has 2 aromatic heterocycles. The van der Waals surface area contributed by atoms with Gasteiger partial charge in [0.25, 0.3) is 6.43 Å². The summed E-state index contributed by atoms with van der Waals surface area (Å²) in [5.41, 5.74) is -1.73. The summed E-state index contributed by atoms with van der Waals surface area (Å²) in [5.74, 6) is 0.104. The molecule has 0 spiro atoms. The first kappa shape index (κ1) is 26.3. The lowest BCUT2D eigenvalue weighted by Gasteiger charge is -2.49. The molecule has 0 unspecified atom stereocenters. The fourth-order valence-electron chi connectivity index (χ4n) is 5.56. The van der Waals surface area contributed by atoms with Crippen molar-refractivity contribution in [3.05, 3.63) is 64.1 Å². The van der Waals surface area contributed by atoms with Crippen LogP contribution in [-0.4, -0.2) is 62.7 Å². The fraction of sp³-hybridized carbons (Fsp3) is 0.480. The van der Waals surface area contributed by atoms with Gasteiger partial charge >= 0.3 is 6.18 Å². The number of ether oxygens (including phenoxy) is 1. The van der Waals surface area contributed by atoms with E-state index < -0.39 is 42.9 Å². The molecule has 0 radical (unpaired) electrons. The third-order valence-electron chi connectivity index (χ3n) is 7.79. The second-order valence-corrected chi connectivity index (χ2v) is 10.5. The Morgan fingerprint density at radius 3 is 2.41 bits per heavy atom. The molecule has 0 saturated carbocycles. The van der Waals surface area contributed by atoms with E-state index in [-0.39, 0.29) is 24.8 Å². The zero-order valence-electron chi connectivity index (χ0n) is 20.4. The topological polar surface area (TPSA) is 59.3 Å². The zero-order valence-corrected chi connectivity index (χ0v) is 21.2. The smallest absolute Gasteiger partial charge is 0.377 e. The van der Waals surface area contributed by atoms with Crippen molar-refractivity contribution in [1.82, 2.24) is 24.6 Å². The van der Waals surface area contributed by atoms with Crippen LogP contribution in [0, 0.1) is 5.82 Å². The van der Waals surface area contributed by atoms with Gasteiger partial charge in [-0.05, 0) is 48.7 Å². The highest BCUT2D eigenvalue weighted by molar-refractivity contribution is 6.30. The molecule has 208 valence electrons. The number of benzene rings is 1. The molecule has 7 nitrogen and oxygen atoms in total. The summed E-state index contributed by atoms with van der Waals surface area (Å²) in [5, 5.41) is 9.13. The Hall–Kier alpha value is -2.90. The average Bonchev–Trinajstić information content (AvgIpc) is 3.19. The third-order valence-corrected chi connectivity index (χ3v) is 8.03. The van der Waals surface area contributed by atoms with E-state index in [0.29, 0.717) is 53.9 Å². The first-order valence-corrected chi connectivity index (χ1v) is 12.8. The largest absolute Gasteiger partial charge is 0.411 e. The van der Waals surface area contributed by atoms with Crippen molar-refractivity contribution in [1.29, 1.82) is 0 Å². The molecular formula is C25H23ClF6N6O. The van der Waals surface area contributed by atoms with Gasteiger partial charge in [0, 0.05) is 30.6 Å². The molecule has 0 amide bonds.